The average molecular weight is 362 g/mol. The summed E-state index contributed by atoms with van der Waals surface area (Å²) in [6.45, 7) is 2.38. The maximum atomic E-state index is 11.3. The Bertz CT molecular complexity index is 295. The Hall–Kier alpha value is -0.410. The van der Waals surface area contributed by atoms with E-state index >= 15 is 0 Å². The number of rotatable bonds is 18. The molecular formula is C20H40ClNO2. The molecule has 0 unspecified atom stereocenters. The summed E-state index contributed by atoms with van der Waals surface area (Å²) in [5, 5.41) is 0. The molecule has 0 saturated carbocycles. The molecule has 0 atom stereocenters. The van der Waals surface area contributed by atoms with Crippen molar-refractivity contribution in [2.75, 3.05) is 6.54 Å². The Balaban J connectivity index is 0. The highest BCUT2D eigenvalue weighted by molar-refractivity contribution is 6.37. The highest BCUT2D eigenvalue weighted by Gasteiger charge is 2.12. The summed E-state index contributed by atoms with van der Waals surface area (Å²) in [5.74, 6) is -0.537. The second-order valence-electron chi connectivity index (χ2n) is 6.80. The summed E-state index contributed by atoms with van der Waals surface area (Å²) in [6, 6.07) is 0. The van der Waals surface area contributed by atoms with Crippen LogP contribution in [0.15, 0.2) is 0 Å². The van der Waals surface area contributed by atoms with E-state index in [0.29, 0.717) is 6.42 Å². The molecule has 3 N–H and O–H groups in total. The van der Waals surface area contributed by atoms with Gasteiger partial charge in [-0.25, -0.2) is 0 Å². The third-order valence-corrected chi connectivity index (χ3v) is 4.55. The number of hydrogen-bond donors (Lipinski definition) is 1. The van der Waals surface area contributed by atoms with Crippen LogP contribution in [0.2, 0.25) is 0 Å². The fourth-order valence-electron chi connectivity index (χ4n) is 2.94. The van der Waals surface area contributed by atoms with Crippen molar-refractivity contribution in [3.05, 3.63) is 0 Å². The molecule has 0 radical (unpaired) electrons. The van der Waals surface area contributed by atoms with Crippen molar-refractivity contribution in [3.8, 4) is 0 Å². The molecule has 3 nitrogen and oxygen atoms in total. The van der Waals surface area contributed by atoms with E-state index in [1.54, 1.807) is 0 Å². The van der Waals surface area contributed by atoms with E-state index in [-0.39, 0.29) is 30.5 Å². The first-order chi connectivity index (χ1) is 11.2. The van der Waals surface area contributed by atoms with Gasteiger partial charge >= 0.3 is 0 Å². The van der Waals surface area contributed by atoms with Gasteiger partial charge in [0.2, 0.25) is 5.78 Å². The van der Waals surface area contributed by atoms with Gasteiger partial charge in [0.05, 0.1) is 0 Å². The van der Waals surface area contributed by atoms with Crippen molar-refractivity contribution >= 4 is 11.6 Å². The van der Waals surface area contributed by atoms with Crippen LogP contribution < -0.4 is 18.1 Å². The maximum absolute atomic E-state index is 11.3. The second-order valence-corrected chi connectivity index (χ2v) is 6.80. The van der Waals surface area contributed by atoms with Gasteiger partial charge < -0.3 is 18.1 Å². The van der Waals surface area contributed by atoms with Crippen LogP contribution in [0.5, 0.6) is 0 Å². The Kier molecular flexibility index (Phi) is 22.2. The lowest BCUT2D eigenvalue weighted by atomic mass is 10.0. The maximum Gasteiger partial charge on any atom is 0.252 e. The minimum atomic E-state index is -0.310. The third kappa shape index (κ3) is 17.9. The van der Waals surface area contributed by atoms with E-state index in [1.165, 1.54) is 83.5 Å². The van der Waals surface area contributed by atoms with Crippen LogP contribution in [0, 0.1) is 0 Å². The molecule has 0 saturated heterocycles. The number of halogens is 1. The first-order valence-corrected chi connectivity index (χ1v) is 10.1. The van der Waals surface area contributed by atoms with Crippen molar-refractivity contribution in [3.63, 3.8) is 0 Å². The zero-order chi connectivity index (χ0) is 17.2. The molecule has 0 rings (SSSR count). The predicted octanol–water partition coefficient (Wildman–Crippen LogP) is 1.63. The smallest absolute Gasteiger partial charge is 0.252 e. The van der Waals surface area contributed by atoms with Gasteiger partial charge in [-0.2, -0.15) is 0 Å². The van der Waals surface area contributed by atoms with Crippen molar-refractivity contribution in [1.29, 1.82) is 0 Å². The van der Waals surface area contributed by atoms with Gasteiger partial charge in [-0.1, -0.05) is 96.8 Å². The van der Waals surface area contributed by atoms with Crippen LogP contribution in [0.3, 0.4) is 0 Å². The van der Waals surface area contributed by atoms with E-state index in [2.05, 4.69) is 12.7 Å². The summed E-state index contributed by atoms with van der Waals surface area (Å²) in [7, 11) is 0. The SMILES string of the molecule is CCCCCCCCCCCCCCCCCC(=O)C(=O)C[NH3+].[Cl-]. The van der Waals surface area contributed by atoms with Crippen molar-refractivity contribution < 1.29 is 27.7 Å². The van der Waals surface area contributed by atoms with E-state index in [1.807, 2.05) is 0 Å². The van der Waals surface area contributed by atoms with Crippen LogP contribution in [0.25, 0.3) is 0 Å². The molecule has 0 fully saturated rings. The number of Topliss-reactive ketones (excluding diaryl/α,β-unsaturated/α-hetero) is 2. The number of carbonyl (C=O) groups is 2. The van der Waals surface area contributed by atoms with Gasteiger partial charge in [0.25, 0.3) is 5.78 Å². The zero-order valence-corrected chi connectivity index (χ0v) is 16.7. The molecule has 0 aliphatic heterocycles. The molecule has 0 spiro atoms. The molecule has 0 bridgehead atoms. The van der Waals surface area contributed by atoms with Crippen LogP contribution in [-0.4, -0.2) is 18.1 Å². The van der Waals surface area contributed by atoms with Gasteiger partial charge in [0.15, 0.2) is 0 Å². The lowest BCUT2D eigenvalue weighted by Crippen LogP contribution is -3.00. The third-order valence-electron chi connectivity index (χ3n) is 4.55. The summed E-state index contributed by atoms with van der Waals surface area (Å²) < 4.78 is 0. The molecule has 0 aliphatic carbocycles. The molecule has 0 heterocycles. The molecule has 4 heteroatoms. The summed E-state index contributed by atoms with van der Waals surface area (Å²) in [6.07, 6.45) is 20.1. The standard InChI is InChI=1S/C20H39NO2.ClH/c1-2-3-4-5-6-7-8-9-10-11-12-13-14-15-16-17-19(22)20(23)18-21;/h2-18,21H2,1H3;1H. The van der Waals surface area contributed by atoms with E-state index in [4.69, 9.17) is 0 Å². The molecule has 24 heavy (non-hydrogen) atoms. The molecule has 0 amide bonds. The Labute approximate surface area is 155 Å². The molecule has 0 aromatic rings. The minimum Gasteiger partial charge on any atom is -1.00 e. The zero-order valence-electron chi connectivity index (χ0n) is 15.9. The highest BCUT2D eigenvalue weighted by atomic mass is 35.5. The van der Waals surface area contributed by atoms with E-state index in [0.717, 1.165) is 12.8 Å². The van der Waals surface area contributed by atoms with E-state index in [9.17, 15) is 9.59 Å². The van der Waals surface area contributed by atoms with Crippen LogP contribution in [0.1, 0.15) is 110 Å². The van der Waals surface area contributed by atoms with Gasteiger partial charge in [-0.05, 0) is 6.42 Å². The number of carbonyl (C=O) groups excluding carboxylic acids is 2. The molecule has 0 aromatic carbocycles. The van der Waals surface area contributed by atoms with Crippen LogP contribution in [-0.2, 0) is 9.59 Å². The Morgan fingerprint density at radius 1 is 0.583 bits per heavy atom. The largest absolute Gasteiger partial charge is 1.00 e. The van der Waals surface area contributed by atoms with Gasteiger partial charge in [-0.15, -0.1) is 0 Å². The van der Waals surface area contributed by atoms with E-state index < -0.39 is 0 Å². The number of ketones is 2. The predicted molar refractivity (Wildman–Crippen MR) is 97.3 cm³/mol. The second kappa shape index (κ2) is 20.6. The topological polar surface area (TPSA) is 61.8 Å². The minimum absolute atomic E-state index is 0. The number of quaternary nitrogens is 1. The monoisotopic (exact) mass is 361 g/mol. The summed E-state index contributed by atoms with van der Waals surface area (Å²) in [5.41, 5.74) is 3.46. The summed E-state index contributed by atoms with van der Waals surface area (Å²) >= 11 is 0. The van der Waals surface area contributed by atoms with Crippen LogP contribution in [0.4, 0.5) is 0 Å². The average Bonchev–Trinajstić information content (AvgIpc) is 2.57. The molecule has 144 valence electrons. The quantitative estimate of drug-likeness (QED) is 0.298. The lowest BCUT2D eigenvalue weighted by Gasteiger charge is -2.03. The summed E-state index contributed by atoms with van der Waals surface area (Å²) in [4.78, 5) is 22.4. The molecular weight excluding hydrogens is 322 g/mol. The van der Waals surface area contributed by atoms with Gasteiger partial charge in [0.1, 0.15) is 6.54 Å². The Morgan fingerprint density at radius 2 is 0.917 bits per heavy atom. The molecule has 0 aromatic heterocycles. The number of unbranched alkanes of at least 4 members (excludes halogenated alkanes) is 14. The van der Waals surface area contributed by atoms with Gasteiger partial charge in [-0.3, -0.25) is 9.59 Å². The van der Waals surface area contributed by atoms with Crippen molar-refractivity contribution in [2.24, 2.45) is 0 Å². The highest BCUT2D eigenvalue weighted by Crippen LogP contribution is 2.13. The fourth-order valence-corrected chi connectivity index (χ4v) is 2.94. The lowest BCUT2D eigenvalue weighted by molar-refractivity contribution is -0.353. The Morgan fingerprint density at radius 3 is 1.25 bits per heavy atom. The molecule has 0 aliphatic rings. The van der Waals surface area contributed by atoms with Crippen LogP contribution >= 0.6 is 0 Å². The van der Waals surface area contributed by atoms with Crippen molar-refractivity contribution in [2.45, 2.75) is 110 Å². The van der Waals surface area contributed by atoms with Crippen molar-refractivity contribution in [1.82, 2.24) is 0 Å². The first-order valence-electron chi connectivity index (χ1n) is 10.1. The fraction of sp³-hybridized carbons (Fsp3) is 0.900. The number of hydrogen-bond acceptors (Lipinski definition) is 2. The van der Waals surface area contributed by atoms with Gasteiger partial charge in [0, 0.05) is 6.42 Å². The first kappa shape index (κ1) is 25.8. The normalized spacial score (nSPS) is 10.4.